The van der Waals surface area contributed by atoms with Crippen molar-refractivity contribution in [2.45, 2.75) is 18.9 Å². The lowest BCUT2D eigenvalue weighted by atomic mass is 10.1. The first-order chi connectivity index (χ1) is 10.0. The van der Waals surface area contributed by atoms with Crippen molar-refractivity contribution < 1.29 is 14.5 Å². The van der Waals surface area contributed by atoms with E-state index in [0.717, 1.165) is 0 Å². The van der Waals surface area contributed by atoms with Crippen molar-refractivity contribution in [3.05, 3.63) is 33.9 Å². The molecule has 1 aromatic rings. The smallest absolute Gasteiger partial charge is 0.293 e. The first-order valence-electron chi connectivity index (χ1n) is 6.55. The molecule has 1 aliphatic heterocycles. The van der Waals surface area contributed by atoms with Crippen LogP contribution in [0.4, 0.5) is 11.4 Å². The minimum Gasteiger partial charge on any atom is -0.383 e. The fourth-order valence-corrected chi connectivity index (χ4v) is 2.18. The zero-order valence-corrected chi connectivity index (χ0v) is 11.5. The molecule has 1 aromatic carbocycles. The van der Waals surface area contributed by atoms with Gasteiger partial charge in [-0.1, -0.05) is 0 Å². The minimum atomic E-state index is -0.542. The molecule has 0 aliphatic carbocycles. The molecule has 1 fully saturated rings. The molecule has 1 atom stereocenters. The number of hydrogen-bond donors (Lipinski definition) is 3. The topological polar surface area (TPSA) is 113 Å². The number of nitro benzene ring substituents is 1. The summed E-state index contributed by atoms with van der Waals surface area (Å²) in [5, 5.41) is 19.1. The Bertz CT molecular complexity index is 588. The molecule has 112 valence electrons. The van der Waals surface area contributed by atoms with E-state index in [9.17, 15) is 19.7 Å². The fraction of sp³-hybridized carbons (Fsp3) is 0.385. The first-order valence-corrected chi connectivity index (χ1v) is 6.55. The Hall–Kier alpha value is -2.64. The van der Waals surface area contributed by atoms with Crippen LogP contribution in [0.1, 0.15) is 23.2 Å². The summed E-state index contributed by atoms with van der Waals surface area (Å²) in [4.78, 5) is 33.4. The fourth-order valence-electron chi connectivity index (χ4n) is 2.18. The monoisotopic (exact) mass is 292 g/mol. The number of nitrogens with zero attached hydrogens (tertiary/aromatic N) is 1. The molecule has 2 rings (SSSR count). The Kier molecular flexibility index (Phi) is 4.36. The summed E-state index contributed by atoms with van der Waals surface area (Å²) >= 11 is 0. The number of anilines is 1. The van der Waals surface area contributed by atoms with E-state index in [4.69, 9.17) is 0 Å². The van der Waals surface area contributed by atoms with Crippen LogP contribution >= 0.6 is 0 Å². The number of amides is 2. The lowest BCUT2D eigenvalue weighted by Crippen LogP contribution is -2.38. The van der Waals surface area contributed by atoms with Gasteiger partial charge in [-0.25, -0.2) is 0 Å². The Morgan fingerprint density at radius 1 is 1.52 bits per heavy atom. The molecule has 0 bridgehead atoms. The lowest BCUT2D eigenvalue weighted by Gasteiger charge is -2.11. The van der Waals surface area contributed by atoms with Crippen LogP contribution < -0.4 is 16.0 Å². The zero-order valence-electron chi connectivity index (χ0n) is 11.5. The number of carbonyl (C=O) groups is 2. The predicted molar refractivity (Wildman–Crippen MR) is 76.1 cm³/mol. The van der Waals surface area contributed by atoms with Gasteiger partial charge < -0.3 is 16.0 Å². The van der Waals surface area contributed by atoms with Crippen molar-refractivity contribution in [3.63, 3.8) is 0 Å². The molecule has 8 heteroatoms. The highest BCUT2D eigenvalue weighted by molar-refractivity contribution is 5.95. The van der Waals surface area contributed by atoms with Crippen molar-refractivity contribution in [2.75, 3.05) is 18.9 Å². The molecule has 1 unspecified atom stereocenters. The van der Waals surface area contributed by atoms with Gasteiger partial charge in [-0.2, -0.15) is 0 Å². The molecular weight excluding hydrogens is 276 g/mol. The number of carbonyl (C=O) groups excluding carboxylic acids is 2. The molecule has 3 N–H and O–H groups in total. The second-order valence-corrected chi connectivity index (χ2v) is 4.75. The largest absolute Gasteiger partial charge is 0.383 e. The molecular formula is C13H16N4O4. The zero-order chi connectivity index (χ0) is 15.4. The van der Waals surface area contributed by atoms with Crippen LogP contribution in [0.25, 0.3) is 0 Å². The third kappa shape index (κ3) is 3.47. The summed E-state index contributed by atoms with van der Waals surface area (Å²) < 4.78 is 0. The second kappa shape index (κ2) is 6.21. The lowest BCUT2D eigenvalue weighted by molar-refractivity contribution is -0.384. The molecule has 2 amide bonds. The Morgan fingerprint density at radius 3 is 2.86 bits per heavy atom. The van der Waals surface area contributed by atoms with Crippen molar-refractivity contribution in [1.29, 1.82) is 0 Å². The third-order valence-electron chi connectivity index (χ3n) is 3.32. The van der Waals surface area contributed by atoms with E-state index in [-0.39, 0.29) is 23.2 Å². The maximum absolute atomic E-state index is 12.0. The summed E-state index contributed by atoms with van der Waals surface area (Å²) in [6.07, 6.45) is 1.14. The van der Waals surface area contributed by atoms with Crippen LogP contribution in [-0.4, -0.2) is 36.4 Å². The Labute approximate surface area is 121 Å². The van der Waals surface area contributed by atoms with Crippen molar-refractivity contribution in [1.82, 2.24) is 10.6 Å². The van der Waals surface area contributed by atoms with Gasteiger partial charge in [0.15, 0.2) is 0 Å². The van der Waals surface area contributed by atoms with Gasteiger partial charge in [-0.15, -0.1) is 0 Å². The average Bonchev–Trinajstić information content (AvgIpc) is 2.89. The highest BCUT2D eigenvalue weighted by atomic mass is 16.6. The molecule has 8 nitrogen and oxygen atoms in total. The molecule has 1 saturated heterocycles. The summed E-state index contributed by atoms with van der Waals surface area (Å²) in [7, 11) is 1.57. The van der Waals surface area contributed by atoms with Crippen molar-refractivity contribution >= 4 is 23.2 Å². The Morgan fingerprint density at radius 2 is 2.29 bits per heavy atom. The molecule has 1 aliphatic rings. The van der Waals surface area contributed by atoms with Gasteiger partial charge >= 0.3 is 0 Å². The van der Waals surface area contributed by atoms with Gasteiger partial charge in [0.2, 0.25) is 5.91 Å². The van der Waals surface area contributed by atoms with E-state index in [1.54, 1.807) is 7.05 Å². The normalized spacial score (nSPS) is 17.2. The number of nitro groups is 1. The molecule has 1 heterocycles. The average molecular weight is 292 g/mol. The van der Waals surface area contributed by atoms with Crippen LogP contribution in [0.2, 0.25) is 0 Å². The molecule has 0 aromatic heterocycles. The number of benzene rings is 1. The van der Waals surface area contributed by atoms with E-state index >= 15 is 0 Å². The van der Waals surface area contributed by atoms with Crippen LogP contribution in [0.5, 0.6) is 0 Å². The summed E-state index contributed by atoms with van der Waals surface area (Å²) in [6.45, 7) is 0.312. The van der Waals surface area contributed by atoms with Gasteiger partial charge in [0, 0.05) is 37.7 Å². The molecule has 21 heavy (non-hydrogen) atoms. The standard InChI is InChI=1S/C13H16N4O4/c1-14-10-4-2-8(6-11(10)17(20)21)13(19)15-7-9-3-5-12(18)16-9/h2,4,6,9,14H,3,5,7H2,1H3,(H,15,19)(H,16,18). The highest BCUT2D eigenvalue weighted by Crippen LogP contribution is 2.24. The van der Waals surface area contributed by atoms with Gasteiger partial charge in [-0.3, -0.25) is 19.7 Å². The SMILES string of the molecule is CNc1ccc(C(=O)NCC2CCC(=O)N2)cc1[N+](=O)[O-]. The van der Waals surface area contributed by atoms with Crippen LogP contribution in [0.3, 0.4) is 0 Å². The third-order valence-corrected chi connectivity index (χ3v) is 3.32. The van der Waals surface area contributed by atoms with Crippen LogP contribution in [0.15, 0.2) is 18.2 Å². The van der Waals surface area contributed by atoms with E-state index in [2.05, 4.69) is 16.0 Å². The van der Waals surface area contributed by atoms with Crippen LogP contribution in [0, 0.1) is 10.1 Å². The number of hydrogen-bond acceptors (Lipinski definition) is 5. The van der Waals surface area contributed by atoms with E-state index in [1.807, 2.05) is 0 Å². The van der Waals surface area contributed by atoms with E-state index in [0.29, 0.717) is 25.1 Å². The second-order valence-electron chi connectivity index (χ2n) is 4.75. The quantitative estimate of drug-likeness (QED) is 0.544. The number of nitrogens with one attached hydrogen (secondary N) is 3. The van der Waals surface area contributed by atoms with E-state index in [1.165, 1.54) is 18.2 Å². The minimum absolute atomic E-state index is 0.0248. The first kappa shape index (κ1) is 14.8. The van der Waals surface area contributed by atoms with Gasteiger partial charge in [-0.05, 0) is 18.6 Å². The van der Waals surface area contributed by atoms with Crippen molar-refractivity contribution in [2.24, 2.45) is 0 Å². The number of rotatable bonds is 5. The van der Waals surface area contributed by atoms with Gasteiger partial charge in [0.05, 0.1) is 4.92 Å². The predicted octanol–water partition coefficient (Wildman–Crippen LogP) is 0.645. The van der Waals surface area contributed by atoms with Gasteiger partial charge in [0.25, 0.3) is 11.6 Å². The van der Waals surface area contributed by atoms with Gasteiger partial charge in [0.1, 0.15) is 5.69 Å². The van der Waals surface area contributed by atoms with Crippen LogP contribution in [-0.2, 0) is 4.79 Å². The molecule has 0 saturated carbocycles. The molecule has 0 radical (unpaired) electrons. The maximum Gasteiger partial charge on any atom is 0.293 e. The summed E-state index contributed by atoms with van der Waals surface area (Å²) in [5.41, 5.74) is 0.406. The summed E-state index contributed by atoms with van der Waals surface area (Å²) in [5.74, 6) is -0.426. The summed E-state index contributed by atoms with van der Waals surface area (Å²) in [6, 6.07) is 4.16. The Balaban J connectivity index is 2.03. The van der Waals surface area contributed by atoms with Crippen molar-refractivity contribution in [3.8, 4) is 0 Å². The molecule has 0 spiro atoms. The van der Waals surface area contributed by atoms with E-state index < -0.39 is 10.8 Å². The highest BCUT2D eigenvalue weighted by Gasteiger charge is 2.22. The maximum atomic E-state index is 12.0.